The van der Waals surface area contributed by atoms with E-state index in [2.05, 4.69) is 4.98 Å². The standard InChI is InChI=1S/C15H19BF3NO2/c1-10(16-21-13(2,3)14(4,5)22-16)8-11-6-7-20-12(9-11)15(17,18)19/h6-9H,1-5H3/b10-8+. The summed E-state index contributed by atoms with van der Waals surface area (Å²) >= 11 is 0. The molecule has 2 rings (SSSR count). The average molecular weight is 313 g/mol. The third-order valence-corrected chi connectivity index (χ3v) is 4.09. The zero-order valence-corrected chi connectivity index (χ0v) is 13.3. The Hall–Kier alpha value is -1.34. The number of hydrogen-bond donors (Lipinski definition) is 0. The van der Waals surface area contributed by atoms with Crippen LogP contribution in [0, 0.1) is 0 Å². The van der Waals surface area contributed by atoms with Crippen LogP contribution in [0.3, 0.4) is 0 Å². The van der Waals surface area contributed by atoms with Crippen molar-refractivity contribution >= 4 is 13.2 Å². The van der Waals surface area contributed by atoms with E-state index < -0.39 is 30.2 Å². The van der Waals surface area contributed by atoms with Crippen LogP contribution in [0.5, 0.6) is 0 Å². The van der Waals surface area contributed by atoms with Crippen molar-refractivity contribution in [2.75, 3.05) is 0 Å². The summed E-state index contributed by atoms with van der Waals surface area (Å²) in [5, 5.41) is 0. The number of hydrogen-bond acceptors (Lipinski definition) is 3. The Morgan fingerprint density at radius 1 is 1.18 bits per heavy atom. The highest BCUT2D eigenvalue weighted by Gasteiger charge is 2.51. The van der Waals surface area contributed by atoms with E-state index in [0.29, 0.717) is 11.0 Å². The molecule has 1 saturated heterocycles. The Morgan fingerprint density at radius 3 is 2.23 bits per heavy atom. The maximum atomic E-state index is 12.7. The molecule has 0 unspecified atom stereocenters. The number of rotatable bonds is 2. The molecule has 0 atom stereocenters. The van der Waals surface area contributed by atoms with E-state index in [1.54, 1.807) is 13.0 Å². The predicted molar refractivity (Wildman–Crippen MR) is 79.0 cm³/mol. The van der Waals surface area contributed by atoms with Gasteiger partial charge in [0.15, 0.2) is 0 Å². The van der Waals surface area contributed by atoms with E-state index in [0.717, 1.165) is 12.3 Å². The Balaban J connectivity index is 2.24. The molecule has 0 bridgehead atoms. The quantitative estimate of drug-likeness (QED) is 0.769. The van der Waals surface area contributed by atoms with Crippen LogP contribution in [0.1, 0.15) is 45.9 Å². The average Bonchev–Trinajstić information content (AvgIpc) is 2.58. The summed E-state index contributed by atoms with van der Waals surface area (Å²) in [6.45, 7) is 9.47. The van der Waals surface area contributed by atoms with Crippen LogP contribution < -0.4 is 0 Å². The van der Waals surface area contributed by atoms with E-state index >= 15 is 0 Å². The Morgan fingerprint density at radius 2 is 1.73 bits per heavy atom. The van der Waals surface area contributed by atoms with E-state index in [-0.39, 0.29) is 0 Å². The number of aromatic nitrogens is 1. The van der Waals surface area contributed by atoms with Crippen LogP contribution in [0.25, 0.3) is 6.08 Å². The fraction of sp³-hybridized carbons (Fsp3) is 0.533. The second-order valence-corrected chi connectivity index (χ2v) is 6.45. The lowest BCUT2D eigenvalue weighted by atomic mass is 9.78. The molecule has 1 fully saturated rings. The highest BCUT2D eigenvalue weighted by molar-refractivity contribution is 6.55. The smallest absolute Gasteiger partial charge is 0.400 e. The van der Waals surface area contributed by atoms with E-state index in [1.165, 1.54) is 6.07 Å². The first kappa shape index (κ1) is 17.0. The molecule has 3 nitrogen and oxygen atoms in total. The molecule has 120 valence electrons. The third kappa shape index (κ3) is 3.36. The van der Waals surface area contributed by atoms with Crippen molar-refractivity contribution in [2.45, 2.75) is 52.0 Å². The molecule has 1 aliphatic heterocycles. The number of halogens is 3. The summed E-state index contributed by atoms with van der Waals surface area (Å²) in [4.78, 5) is 3.34. The number of allylic oxidation sites excluding steroid dienone is 1. The van der Waals surface area contributed by atoms with Crippen molar-refractivity contribution in [2.24, 2.45) is 0 Å². The predicted octanol–water partition coefficient (Wildman–Crippen LogP) is 4.14. The zero-order valence-electron chi connectivity index (χ0n) is 13.3. The van der Waals surface area contributed by atoms with Crippen molar-refractivity contribution < 1.29 is 22.5 Å². The Labute approximate surface area is 128 Å². The van der Waals surface area contributed by atoms with Gasteiger partial charge in [0, 0.05) is 6.20 Å². The van der Waals surface area contributed by atoms with Crippen LogP contribution in [0.4, 0.5) is 13.2 Å². The third-order valence-electron chi connectivity index (χ3n) is 4.09. The van der Waals surface area contributed by atoms with Gasteiger partial charge in [-0.05, 0) is 57.8 Å². The van der Waals surface area contributed by atoms with E-state index in [9.17, 15) is 13.2 Å². The van der Waals surface area contributed by atoms with Crippen LogP contribution >= 0.6 is 0 Å². The molecular formula is C15H19BF3NO2. The van der Waals surface area contributed by atoms with Gasteiger partial charge in [-0.25, -0.2) is 0 Å². The van der Waals surface area contributed by atoms with Crippen LogP contribution in [-0.2, 0) is 15.5 Å². The van der Waals surface area contributed by atoms with Crippen molar-refractivity contribution in [3.05, 3.63) is 35.1 Å². The van der Waals surface area contributed by atoms with E-state index in [1.807, 2.05) is 27.7 Å². The van der Waals surface area contributed by atoms with Crippen molar-refractivity contribution in [1.82, 2.24) is 4.98 Å². The highest BCUT2D eigenvalue weighted by atomic mass is 19.4. The van der Waals surface area contributed by atoms with Crippen molar-refractivity contribution in [3.8, 4) is 0 Å². The summed E-state index contributed by atoms with van der Waals surface area (Å²) in [6.07, 6.45) is -1.69. The lowest BCUT2D eigenvalue weighted by Crippen LogP contribution is -2.41. The molecule has 0 spiro atoms. The largest absolute Gasteiger partial charge is 0.490 e. The summed E-state index contributed by atoms with van der Waals surface area (Å²) in [6, 6.07) is 2.53. The molecule has 2 heterocycles. The molecule has 7 heteroatoms. The lowest BCUT2D eigenvalue weighted by Gasteiger charge is -2.32. The molecule has 0 radical (unpaired) electrons. The first-order valence-electron chi connectivity index (χ1n) is 6.99. The maximum absolute atomic E-state index is 12.7. The van der Waals surface area contributed by atoms with Gasteiger partial charge in [-0.15, -0.1) is 0 Å². The minimum atomic E-state index is -4.46. The first-order chi connectivity index (χ1) is 9.92. The SMILES string of the molecule is C/C(=C\c1ccnc(C(F)(F)F)c1)B1OC(C)(C)C(C)(C)O1. The van der Waals surface area contributed by atoms with Gasteiger partial charge in [0.2, 0.25) is 0 Å². The first-order valence-corrected chi connectivity index (χ1v) is 6.99. The van der Waals surface area contributed by atoms with Gasteiger partial charge in [0.25, 0.3) is 0 Å². The van der Waals surface area contributed by atoms with Crippen LogP contribution in [0.2, 0.25) is 0 Å². The second-order valence-electron chi connectivity index (χ2n) is 6.45. The fourth-order valence-corrected chi connectivity index (χ4v) is 2.05. The Kier molecular flexibility index (Phi) is 4.17. The van der Waals surface area contributed by atoms with Crippen molar-refractivity contribution in [1.29, 1.82) is 0 Å². The van der Waals surface area contributed by atoms with Crippen LogP contribution in [-0.4, -0.2) is 23.3 Å². The molecule has 0 saturated carbocycles. The van der Waals surface area contributed by atoms with Gasteiger partial charge in [0.05, 0.1) is 11.2 Å². The minimum Gasteiger partial charge on any atom is -0.400 e. The Bertz CT molecular complexity index is 581. The fourth-order valence-electron chi connectivity index (χ4n) is 2.05. The molecule has 1 aliphatic rings. The van der Waals surface area contributed by atoms with Gasteiger partial charge < -0.3 is 9.31 Å². The number of pyridine rings is 1. The molecule has 0 N–H and O–H groups in total. The summed E-state index contributed by atoms with van der Waals surface area (Å²) < 4.78 is 49.8. The minimum absolute atomic E-state index is 0.412. The normalized spacial score (nSPS) is 21.3. The summed E-state index contributed by atoms with van der Waals surface area (Å²) in [5.41, 5.74) is -0.764. The van der Waals surface area contributed by atoms with E-state index in [4.69, 9.17) is 9.31 Å². The maximum Gasteiger partial charge on any atom is 0.490 e. The van der Waals surface area contributed by atoms with Gasteiger partial charge in [0.1, 0.15) is 5.69 Å². The van der Waals surface area contributed by atoms with Gasteiger partial charge in [-0.1, -0.05) is 6.08 Å². The number of nitrogens with zero attached hydrogens (tertiary/aromatic N) is 1. The molecule has 22 heavy (non-hydrogen) atoms. The topological polar surface area (TPSA) is 31.4 Å². The monoisotopic (exact) mass is 313 g/mol. The molecule has 0 amide bonds. The summed E-state index contributed by atoms with van der Waals surface area (Å²) in [7, 11) is -0.576. The molecule has 1 aromatic heterocycles. The highest BCUT2D eigenvalue weighted by Crippen LogP contribution is 2.38. The molecular weight excluding hydrogens is 294 g/mol. The van der Waals surface area contributed by atoms with Gasteiger partial charge in [-0.2, -0.15) is 13.2 Å². The molecule has 0 aliphatic carbocycles. The lowest BCUT2D eigenvalue weighted by molar-refractivity contribution is -0.141. The second kappa shape index (κ2) is 5.39. The molecule has 0 aromatic carbocycles. The van der Waals surface area contributed by atoms with Crippen molar-refractivity contribution in [3.63, 3.8) is 0 Å². The molecule has 1 aromatic rings. The zero-order chi connectivity index (χ0) is 16.8. The van der Waals surface area contributed by atoms with Crippen LogP contribution in [0.15, 0.2) is 23.8 Å². The number of alkyl halides is 3. The van der Waals surface area contributed by atoms with Gasteiger partial charge >= 0.3 is 13.3 Å². The summed E-state index contributed by atoms with van der Waals surface area (Å²) in [5.74, 6) is 0. The van der Waals surface area contributed by atoms with Gasteiger partial charge in [-0.3, -0.25) is 4.98 Å².